The largest absolute Gasteiger partial charge is 0.508 e. The van der Waals surface area contributed by atoms with Crippen molar-refractivity contribution in [2.75, 3.05) is 25.6 Å². The van der Waals surface area contributed by atoms with Crippen molar-refractivity contribution in [3.8, 4) is 0 Å². The third kappa shape index (κ3) is 3.76. The average Bonchev–Trinajstić information content (AvgIpc) is 3.14. The summed E-state index contributed by atoms with van der Waals surface area (Å²) in [7, 11) is -2.73. The van der Waals surface area contributed by atoms with Crippen molar-refractivity contribution in [2.24, 2.45) is 17.8 Å². The van der Waals surface area contributed by atoms with Gasteiger partial charge in [0.1, 0.15) is 5.78 Å². The minimum Gasteiger partial charge on any atom is -0.373 e. The van der Waals surface area contributed by atoms with Gasteiger partial charge < -0.3 is 13.3 Å². The summed E-state index contributed by atoms with van der Waals surface area (Å²) in [5, 5.41) is 0. The molecule has 0 spiro atoms. The molecule has 4 atom stereocenters. The maximum Gasteiger partial charge on any atom is 0.508 e. The van der Waals surface area contributed by atoms with Crippen LogP contribution in [-0.4, -0.2) is 40.2 Å². The Bertz CT molecular complexity index is 437. The second-order valence-corrected chi connectivity index (χ2v) is 9.61. The Kier molecular flexibility index (Phi) is 6.92. The lowest BCUT2D eigenvalue weighted by Gasteiger charge is -2.36. The highest BCUT2D eigenvalue weighted by Gasteiger charge is 2.53. The van der Waals surface area contributed by atoms with E-state index in [1.807, 2.05) is 20.8 Å². The first kappa shape index (κ1) is 19.2. The number of hydrogen-bond donors (Lipinski definition) is 1. The van der Waals surface area contributed by atoms with Crippen molar-refractivity contribution >= 4 is 27.2 Å². The molecule has 2 bridgehead atoms. The molecule has 0 aromatic rings. The smallest absolute Gasteiger partial charge is 0.373 e. The van der Waals surface area contributed by atoms with Crippen LogP contribution in [0.25, 0.3) is 0 Å². The minimum absolute atomic E-state index is 0.157. The molecular weight excluding hydrogens is 328 g/mol. The molecule has 0 N–H and O–H groups in total. The van der Waals surface area contributed by atoms with Gasteiger partial charge in [-0.05, 0) is 45.4 Å². The van der Waals surface area contributed by atoms with E-state index < -0.39 is 8.80 Å². The van der Waals surface area contributed by atoms with Crippen LogP contribution in [0.2, 0.25) is 5.54 Å². The Morgan fingerprint density at radius 3 is 2.17 bits per heavy atom. The fourth-order valence-corrected chi connectivity index (χ4v) is 7.38. The highest BCUT2D eigenvalue weighted by atomic mass is 32.1. The van der Waals surface area contributed by atoms with E-state index in [4.69, 9.17) is 13.3 Å². The van der Waals surface area contributed by atoms with Crippen molar-refractivity contribution in [3.05, 3.63) is 11.6 Å². The number of fused-ring (bicyclic) bond motifs is 2. The predicted molar refractivity (Wildman–Crippen MR) is 96.7 cm³/mol. The predicted octanol–water partition coefficient (Wildman–Crippen LogP) is 3.51. The second kappa shape index (κ2) is 8.29. The first-order valence-electron chi connectivity index (χ1n) is 8.79. The van der Waals surface area contributed by atoms with E-state index in [0.717, 1.165) is 12.8 Å². The zero-order valence-corrected chi connectivity index (χ0v) is 16.6. The summed E-state index contributed by atoms with van der Waals surface area (Å²) in [6, 6.07) is 0. The van der Waals surface area contributed by atoms with Crippen LogP contribution in [0.5, 0.6) is 0 Å². The molecule has 0 aromatic carbocycles. The summed E-state index contributed by atoms with van der Waals surface area (Å²) in [6.07, 6.45) is 4.34. The number of carbonyl (C=O) groups is 1. The number of thiol groups is 1. The van der Waals surface area contributed by atoms with Crippen molar-refractivity contribution < 1.29 is 18.1 Å². The molecule has 6 heteroatoms. The molecular formula is C17H30O4SSi. The molecule has 1 saturated carbocycles. The van der Waals surface area contributed by atoms with Gasteiger partial charge in [-0.3, -0.25) is 4.79 Å². The van der Waals surface area contributed by atoms with Crippen molar-refractivity contribution in [3.63, 3.8) is 0 Å². The summed E-state index contributed by atoms with van der Waals surface area (Å²) >= 11 is 4.15. The number of allylic oxidation sites excluding steroid dienone is 2. The molecule has 2 aliphatic rings. The van der Waals surface area contributed by atoms with Gasteiger partial charge in [0.15, 0.2) is 0 Å². The quantitative estimate of drug-likeness (QED) is 0.369. The zero-order chi connectivity index (χ0) is 17.0. The van der Waals surface area contributed by atoms with Gasteiger partial charge in [-0.25, -0.2) is 0 Å². The first-order chi connectivity index (χ1) is 11.0. The molecule has 0 amide bonds. The van der Waals surface area contributed by atoms with Gasteiger partial charge in [-0.1, -0.05) is 18.6 Å². The number of hydrogen-bond acceptors (Lipinski definition) is 5. The minimum atomic E-state index is -2.73. The lowest BCUT2D eigenvalue weighted by atomic mass is 9.86. The van der Waals surface area contributed by atoms with E-state index in [-0.39, 0.29) is 17.2 Å². The van der Waals surface area contributed by atoms with E-state index in [2.05, 4.69) is 25.6 Å². The monoisotopic (exact) mass is 358 g/mol. The molecule has 132 valence electrons. The Morgan fingerprint density at radius 1 is 1.22 bits per heavy atom. The topological polar surface area (TPSA) is 44.8 Å². The maximum atomic E-state index is 12.0. The van der Waals surface area contributed by atoms with Crippen LogP contribution < -0.4 is 0 Å². The second-order valence-electron chi connectivity index (χ2n) is 6.35. The standard InChI is InChI=1S/C17H30O4SSi/c1-5-19-23(20-6-2,21-7-3)12(4)15-9-14-8-13(15)10-16(14)17(18)11-22/h9,12-14,16,22H,5-8,10-11H2,1-4H3. The van der Waals surface area contributed by atoms with Crippen molar-refractivity contribution in [1.82, 2.24) is 0 Å². The van der Waals surface area contributed by atoms with Crippen LogP contribution in [0.15, 0.2) is 11.6 Å². The Morgan fingerprint density at radius 2 is 1.78 bits per heavy atom. The molecule has 2 rings (SSSR count). The van der Waals surface area contributed by atoms with Gasteiger partial charge in [-0.2, -0.15) is 12.6 Å². The molecule has 2 aliphatic carbocycles. The molecule has 0 saturated heterocycles. The van der Waals surface area contributed by atoms with Crippen LogP contribution in [0.4, 0.5) is 0 Å². The Labute approximate surface area is 146 Å². The van der Waals surface area contributed by atoms with E-state index >= 15 is 0 Å². The zero-order valence-electron chi connectivity index (χ0n) is 14.7. The highest BCUT2D eigenvalue weighted by molar-refractivity contribution is 7.81. The van der Waals surface area contributed by atoms with Gasteiger partial charge in [0.05, 0.1) is 0 Å². The van der Waals surface area contributed by atoms with Crippen LogP contribution in [0, 0.1) is 17.8 Å². The lowest BCUT2D eigenvalue weighted by Crippen LogP contribution is -2.50. The molecule has 0 aromatic heterocycles. The molecule has 23 heavy (non-hydrogen) atoms. The fraction of sp³-hybridized carbons (Fsp3) is 0.824. The van der Waals surface area contributed by atoms with Gasteiger partial charge in [0.25, 0.3) is 0 Å². The maximum absolute atomic E-state index is 12.0. The van der Waals surface area contributed by atoms with Crippen molar-refractivity contribution in [1.29, 1.82) is 0 Å². The summed E-state index contributed by atoms with van der Waals surface area (Å²) < 4.78 is 18.2. The van der Waals surface area contributed by atoms with Gasteiger partial charge in [-0.15, -0.1) is 0 Å². The number of rotatable bonds is 10. The van der Waals surface area contributed by atoms with Crippen LogP contribution in [0.1, 0.15) is 40.5 Å². The van der Waals surface area contributed by atoms with Gasteiger partial charge >= 0.3 is 8.80 Å². The third-order valence-electron chi connectivity index (χ3n) is 5.13. The molecule has 0 radical (unpaired) electrons. The lowest BCUT2D eigenvalue weighted by molar-refractivity contribution is -0.120. The van der Waals surface area contributed by atoms with E-state index in [9.17, 15) is 4.79 Å². The average molecular weight is 359 g/mol. The van der Waals surface area contributed by atoms with Crippen molar-refractivity contribution in [2.45, 2.75) is 46.1 Å². The Hall–Kier alpha value is -0.143. The first-order valence-corrected chi connectivity index (χ1v) is 11.2. The third-order valence-corrected chi connectivity index (χ3v) is 8.90. The number of carbonyl (C=O) groups excluding carboxylic acids is 1. The molecule has 1 fully saturated rings. The van der Waals surface area contributed by atoms with Gasteiger partial charge in [0, 0.05) is 37.0 Å². The number of Topliss-reactive ketones (excluding diaryl/α,β-unsaturated/α-hetero) is 1. The summed E-state index contributed by atoms with van der Waals surface area (Å²) in [6.45, 7) is 9.93. The van der Waals surface area contributed by atoms with Crippen LogP contribution in [-0.2, 0) is 18.1 Å². The van der Waals surface area contributed by atoms with Gasteiger partial charge in [0.2, 0.25) is 0 Å². The summed E-state index contributed by atoms with van der Waals surface area (Å²) in [4.78, 5) is 12.0. The number of ketones is 1. The molecule has 0 heterocycles. The van der Waals surface area contributed by atoms with E-state index in [1.165, 1.54) is 5.57 Å². The fourth-order valence-electron chi connectivity index (χ4n) is 4.20. The molecule has 4 unspecified atom stereocenters. The van der Waals surface area contributed by atoms with E-state index in [1.54, 1.807) is 0 Å². The summed E-state index contributed by atoms with van der Waals surface area (Å²) in [5.41, 5.74) is 1.55. The molecule has 0 aliphatic heterocycles. The Balaban J connectivity index is 2.20. The normalized spacial score (nSPS) is 28.0. The van der Waals surface area contributed by atoms with Crippen LogP contribution >= 0.6 is 12.6 Å². The van der Waals surface area contributed by atoms with Crippen LogP contribution in [0.3, 0.4) is 0 Å². The summed E-state index contributed by atoms with van der Waals surface area (Å²) in [5.74, 6) is 1.63. The van der Waals surface area contributed by atoms with E-state index in [0.29, 0.717) is 37.4 Å². The highest BCUT2D eigenvalue weighted by Crippen LogP contribution is 2.53. The SMILES string of the molecule is CCO[Si](OCC)(OCC)C(C)C1=CC2CC1CC2C(=O)CS. The molecule has 4 nitrogen and oxygen atoms in total.